The number of hydrogen-bond acceptors (Lipinski definition) is 5. The number of carbonyl (C=O) groups is 1. The molecule has 2 N–H and O–H groups in total. The minimum atomic E-state index is -1.43. The van der Waals surface area contributed by atoms with Crippen molar-refractivity contribution in [1.82, 2.24) is 5.32 Å². The van der Waals surface area contributed by atoms with Crippen molar-refractivity contribution in [2.75, 3.05) is 19.8 Å². The molecule has 0 fully saturated rings. The Hall–Kier alpha value is -4.86. The van der Waals surface area contributed by atoms with Gasteiger partial charge in [-0.15, -0.1) is 0 Å². The molecule has 5 aromatic rings. The van der Waals surface area contributed by atoms with Gasteiger partial charge in [0.2, 0.25) is 5.90 Å². The van der Waals surface area contributed by atoms with Gasteiger partial charge in [-0.2, -0.15) is 0 Å². The number of aliphatic imine (C=N–C) groups is 1. The van der Waals surface area contributed by atoms with E-state index in [0.717, 1.165) is 32.8 Å². The molecular formula is C40H35BrF2N2O4. The van der Waals surface area contributed by atoms with Crippen molar-refractivity contribution >= 4 is 27.7 Å². The third-order valence-corrected chi connectivity index (χ3v) is 8.89. The van der Waals surface area contributed by atoms with Crippen LogP contribution in [0.3, 0.4) is 0 Å². The molecule has 2 atom stereocenters. The van der Waals surface area contributed by atoms with Crippen LogP contribution in [-0.4, -0.2) is 42.2 Å². The number of amides is 1. The summed E-state index contributed by atoms with van der Waals surface area (Å²) < 4.78 is 41.0. The largest absolute Gasteiger partial charge is 0.494 e. The Bertz CT molecular complexity index is 1880. The smallest absolute Gasteiger partial charge is 0.252 e. The summed E-state index contributed by atoms with van der Waals surface area (Å²) in [6.07, 6.45) is 0.158. The zero-order valence-electron chi connectivity index (χ0n) is 26.6. The molecule has 0 bridgehead atoms. The molecule has 6 nitrogen and oxygen atoms in total. The topological polar surface area (TPSA) is 80.2 Å². The van der Waals surface area contributed by atoms with Crippen LogP contribution in [-0.2, 0) is 22.4 Å². The van der Waals surface area contributed by atoms with Crippen LogP contribution < -0.4 is 10.1 Å². The predicted molar refractivity (Wildman–Crippen MR) is 190 cm³/mol. The lowest BCUT2D eigenvalue weighted by atomic mass is 9.81. The van der Waals surface area contributed by atoms with E-state index in [0.29, 0.717) is 35.8 Å². The molecule has 5 aromatic carbocycles. The van der Waals surface area contributed by atoms with E-state index in [1.807, 2.05) is 91.0 Å². The molecule has 1 aliphatic heterocycles. The molecule has 9 heteroatoms. The maximum absolute atomic E-state index is 14.5. The van der Waals surface area contributed by atoms with Gasteiger partial charge in [0.15, 0.2) is 11.6 Å². The third kappa shape index (κ3) is 8.24. The molecule has 1 heterocycles. The van der Waals surface area contributed by atoms with E-state index in [2.05, 4.69) is 21.2 Å². The van der Waals surface area contributed by atoms with Crippen LogP contribution in [0.5, 0.6) is 5.75 Å². The summed E-state index contributed by atoms with van der Waals surface area (Å²) in [7, 11) is 0. The second kappa shape index (κ2) is 15.6. The third-order valence-electron chi connectivity index (χ3n) is 8.36. The summed E-state index contributed by atoms with van der Waals surface area (Å²) in [5, 5.41) is 12.1. The fraction of sp³-hybridized carbons (Fsp3) is 0.200. The molecule has 0 radical (unpaired) electrons. The van der Waals surface area contributed by atoms with Crippen molar-refractivity contribution in [3.8, 4) is 16.9 Å². The van der Waals surface area contributed by atoms with E-state index in [-0.39, 0.29) is 31.9 Å². The molecule has 1 aliphatic rings. The van der Waals surface area contributed by atoms with Gasteiger partial charge in [-0.05, 0) is 82.8 Å². The predicted octanol–water partition coefficient (Wildman–Crippen LogP) is 8.01. The van der Waals surface area contributed by atoms with E-state index in [4.69, 9.17) is 19.6 Å². The molecule has 0 saturated carbocycles. The van der Waals surface area contributed by atoms with Gasteiger partial charge < -0.3 is 19.9 Å². The van der Waals surface area contributed by atoms with Crippen LogP contribution in [0.15, 0.2) is 131 Å². The van der Waals surface area contributed by atoms with Gasteiger partial charge in [-0.1, -0.05) is 82.7 Å². The molecule has 6 rings (SSSR count). The van der Waals surface area contributed by atoms with Gasteiger partial charge in [0.25, 0.3) is 5.91 Å². The van der Waals surface area contributed by atoms with Crippen molar-refractivity contribution in [3.63, 3.8) is 0 Å². The molecule has 1 amide bonds. The standard InChI is InChI=1S/C40H35BrF2N2O4/c41-33-15-7-27(8-16-33)26-40(39(47)44-20-19-28-23-34(42)25-35(43)24-28)37(31-11-9-30(10-12-31)29-5-2-1-3-6-29)49-38(45-40)32-13-17-36(18-14-32)48-22-4-21-46/h1-3,5-18,23-25,37,46H,4,19-22,26H2,(H,44,47)/t37-,40-/m1/s1. The molecular weight excluding hydrogens is 690 g/mol. The Balaban J connectivity index is 1.37. The number of carbonyl (C=O) groups excluding carboxylic acids is 1. The van der Waals surface area contributed by atoms with E-state index in [1.165, 1.54) is 12.1 Å². The Morgan fingerprint density at radius 2 is 1.49 bits per heavy atom. The van der Waals surface area contributed by atoms with Crippen molar-refractivity contribution in [2.45, 2.75) is 30.9 Å². The Morgan fingerprint density at radius 3 is 2.16 bits per heavy atom. The van der Waals surface area contributed by atoms with Crippen LogP contribution in [0.1, 0.15) is 34.8 Å². The molecule has 0 aromatic heterocycles. The van der Waals surface area contributed by atoms with Crippen molar-refractivity contribution in [2.24, 2.45) is 4.99 Å². The summed E-state index contributed by atoms with van der Waals surface area (Å²) in [4.78, 5) is 19.6. The van der Waals surface area contributed by atoms with Crippen LogP contribution in [0, 0.1) is 11.6 Å². The minimum Gasteiger partial charge on any atom is -0.494 e. The van der Waals surface area contributed by atoms with E-state index >= 15 is 0 Å². The summed E-state index contributed by atoms with van der Waals surface area (Å²) in [6, 6.07) is 36.3. The normalized spacial score (nSPS) is 16.9. The average molecular weight is 726 g/mol. The van der Waals surface area contributed by atoms with E-state index in [9.17, 15) is 13.6 Å². The van der Waals surface area contributed by atoms with Gasteiger partial charge in [0, 0.05) is 42.1 Å². The maximum atomic E-state index is 14.5. The highest BCUT2D eigenvalue weighted by molar-refractivity contribution is 9.10. The fourth-order valence-electron chi connectivity index (χ4n) is 5.91. The number of aliphatic hydroxyl groups excluding tert-OH is 1. The van der Waals surface area contributed by atoms with Crippen LogP contribution in [0.25, 0.3) is 11.1 Å². The summed E-state index contributed by atoms with van der Waals surface area (Å²) in [5.74, 6) is -0.774. The Labute approximate surface area is 292 Å². The molecule has 49 heavy (non-hydrogen) atoms. The fourth-order valence-corrected chi connectivity index (χ4v) is 6.17. The number of halogens is 3. The first kappa shape index (κ1) is 34.0. The van der Waals surface area contributed by atoms with Gasteiger partial charge in [-0.3, -0.25) is 4.79 Å². The summed E-state index contributed by atoms with van der Waals surface area (Å²) >= 11 is 3.50. The average Bonchev–Trinajstić information content (AvgIpc) is 3.50. The highest BCUT2D eigenvalue weighted by atomic mass is 79.9. The lowest BCUT2D eigenvalue weighted by molar-refractivity contribution is -0.128. The monoisotopic (exact) mass is 724 g/mol. The van der Waals surface area contributed by atoms with Gasteiger partial charge in [0.1, 0.15) is 17.4 Å². The number of benzene rings is 5. The molecule has 250 valence electrons. The number of hydrogen-bond donors (Lipinski definition) is 2. The lowest BCUT2D eigenvalue weighted by Gasteiger charge is -2.31. The van der Waals surface area contributed by atoms with Gasteiger partial charge >= 0.3 is 0 Å². The molecule has 0 unspecified atom stereocenters. The SMILES string of the molecule is O=C(NCCc1cc(F)cc(F)c1)[C@]1(Cc2ccc(Br)cc2)N=C(c2ccc(OCCCO)cc2)O[C@@H]1c1ccc(-c2ccccc2)cc1. The lowest BCUT2D eigenvalue weighted by Crippen LogP contribution is -2.50. The van der Waals surface area contributed by atoms with Gasteiger partial charge in [0.05, 0.1) is 6.61 Å². The van der Waals surface area contributed by atoms with E-state index in [1.54, 1.807) is 12.1 Å². The number of nitrogens with one attached hydrogen (secondary N) is 1. The second-order valence-corrected chi connectivity index (χ2v) is 12.8. The highest BCUT2D eigenvalue weighted by Gasteiger charge is 2.53. The first-order chi connectivity index (χ1) is 23.8. The first-order valence-electron chi connectivity index (χ1n) is 16.1. The zero-order chi connectivity index (χ0) is 34.2. The number of rotatable bonds is 13. The minimum absolute atomic E-state index is 0.0398. The number of aliphatic hydroxyl groups is 1. The van der Waals surface area contributed by atoms with Crippen molar-refractivity contribution in [1.29, 1.82) is 0 Å². The van der Waals surface area contributed by atoms with Crippen molar-refractivity contribution in [3.05, 3.63) is 160 Å². The first-order valence-corrected chi connectivity index (χ1v) is 16.9. The van der Waals surface area contributed by atoms with E-state index < -0.39 is 23.3 Å². The molecule has 0 saturated heterocycles. The van der Waals surface area contributed by atoms with Crippen molar-refractivity contribution < 1.29 is 28.2 Å². The highest BCUT2D eigenvalue weighted by Crippen LogP contribution is 2.43. The van der Waals surface area contributed by atoms with Crippen LogP contribution in [0.2, 0.25) is 0 Å². The molecule has 0 spiro atoms. The quantitative estimate of drug-likeness (QED) is 0.121. The molecule has 0 aliphatic carbocycles. The zero-order valence-corrected chi connectivity index (χ0v) is 28.2. The Kier molecular flexibility index (Phi) is 10.8. The second-order valence-electron chi connectivity index (χ2n) is 11.9. The van der Waals surface area contributed by atoms with Crippen LogP contribution >= 0.6 is 15.9 Å². The number of ether oxygens (including phenoxy) is 2. The Morgan fingerprint density at radius 1 is 0.837 bits per heavy atom. The van der Waals surface area contributed by atoms with Gasteiger partial charge in [-0.25, -0.2) is 13.8 Å². The summed E-state index contributed by atoms with van der Waals surface area (Å²) in [5.41, 5.74) is 3.39. The number of nitrogens with zero attached hydrogens (tertiary/aromatic N) is 1. The summed E-state index contributed by atoms with van der Waals surface area (Å²) in [6.45, 7) is 0.555. The van der Waals surface area contributed by atoms with Crippen LogP contribution in [0.4, 0.5) is 8.78 Å². The maximum Gasteiger partial charge on any atom is 0.252 e.